The van der Waals surface area contributed by atoms with Gasteiger partial charge in [-0.05, 0) is 19.1 Å². The molecule has 2 N–H and O–H groups in total. The van der Waals surface area contributed by atoms with Crippen molar-refractivity contribution < 1.29 is 4.79 Å². The Bertz CT molecular complexity index is 774. The van der Waals surface area contributed by atoms with Crippen molar-refractivity contribution in [2.75, 3.05) is 5.32 Å². The minimum absolute atomic E-state index is 0.240. The van der Waals surface area contributed by atoms with Gasteiger partial charge in [-0.25, -0.2) is 4.98 Å². The quantitative estimate of drug-likeness (QED) is 0.766. The number of pyridine rings is 1. The average Bonchev–Trinajstić information content (AvgIpc) is 3.06. The third-order valence-corrected chi connectivity index (χ3v) is 3.06. The molecule has 0 bridgehead atoms. The maximum absolute atomic E-state index is 12.2. The summed E-state index contributed by atoms with van der Waals surface area (Å²) in [7, 11) is 1.78. The van der Waals surface area contributed by atoms with Crippen molar-refractivity contribution in [1.82, 2.24) is 24.7 Å². The highest BCUT2D eigenvalue weighted by atomic mass is 16.1. The summed E-state index contributed by atoms with van der Waals surface area (Å²) in [6.07, 6.45) is 6.75. The van der Waals surface area contributed by atoms with Gasteiger partial charge >= 0.3 is 0 Å². The number of nitrogens with one attached hydrogen (secondary N) is 2. The van der Waals surface area contributed by atoms with Gasteiger partial charge in [0, 0.05) is 31.2 Å². The van der Waals surface area contributed by atoms with Crippen molar-refractivity contribution in [3.05, 3.63) is 48.2 Å². The van der Waals surface area contributed by atoms with Gasteiger partial charge in [-0.15, -0.1) is 0 Å². The highest BCUT2D eigenvalue weighted by Gasteiger charge is 2.14. The van der Waals surface area contributed by atoms with E-state index in [-0.39, 0.29) is 5.91 Å². The summed E-state index contributed by atoms with van der Waals surface area (Å²) >= 11 is 0. The molecule has 0 aromatic carbocycles. The summed E-state index contributed by atoms with van der Waals surface area (Å²) in [4.78, 5) is 23.3. The predicted octanol–water partition coefficient (Wildman–Crippen LogP) is 1.77. The number of imidazole rings is 1. The molecule has 0 aliphatic rings. The van der Waals surface area contributed by atoms with Crippen LogP contribution in [0.25, 0.3) is 11.3 Å². The van der Waals surface area contributed by atoms with Crippen LogP contribution in [0.3, 0.4) is 0 Å². The highest BCUT2D eigenvalue weighted by molar-refractivity contribution is 6.04. The number of carbonyl (C=O) groups excluding carboxylic acids is 1. The molecule has 3 aromatic heterocycles. The Labute approximate surface area is 121 Å². The first kappa shape index (κ1) is 13.0. The second kappa shape index (κ2) is 5.20. The number of aromatic amines is 1. The van der Waals surface area contributed by atoms with E-state index >= 15 is 0 Å². The van der Waals surface area contributed by atoms with Crippen LogP contribution in [0.5, 0.6) is 0 Å². The summed E-state index contributed by atoms with van der Waals surface area (Å²) in [5.41, 5.74) is 2.97. The summed E-state index contributed by atoms with van der Waals surface area (Å²) in [6, 6.07) is 3.73. The molecule has 0 fully saturated rings. The topological polar surface area (TPSA) is 88.5 Å². The van der Waals surface area contributed by atoms with Gasteiger partial charge in [-0.2, -0.15) is 5.10 Å². The third-order valence-electron chi connectivity index (χ3n) is 3.06. The zero-order valence-corrected chi connectivity index (χ0v) is 11.7. The minimum atomic E-state index is -0.240. The van der Waals surface area contributed by atoms with Gasteiger partial charge < -0.3 is 4.98 Å². The van der Waals surface area contributed by atoms with Crippen molar-refractivity contribution >= 4 is 11.9 Å². The fraction of sp³-hybridized carbons (Fsp3) is 0.143. The smallest absolute Gasteiger partial charge is 0.261 e. The minimum Gasteiger partial charge on any atom is -0.324 e. The van der Waals surface area contributed by atoms with E-state index in [9.17, 15) is 4.79 Å². The van der Waals surface area contributed by atoms with Crippen LogP contribution in [0.15, 0.2) is 36.9 Å². The first-order valence-corrected chi connectivity index (χ1v) is 6.40. The number of hydrogen-bond acceptors (Lipinski definition) is 4. The van der Waals surface area contributed by atoms with Crippen LogP contribution < -0.4 is 5.32 Å². The number of anilines is 1. The molecule has 0 unspecified atom stereocenters. The van der Waals surface area contributed by atoms with E-state index in [1.807, 2.05) is 12.1 Å². The van der Waals surface area contributed by atoms with Gasteiger partial charge in [-0.1, -0.05) is 0 Å². The SMILES string of the molecule is Cc1nn(C)cc1C(=O)Nc1ncc(-c2ccncc2)[nH]1. The molecule has 1 amide bonds. The van der Waals surface area contributed by atoms with Crippen LogP contribution in [-0.4, -0.2) is 30.6 Å². The largest absolute Gasteiger partial charge is 0.324 e. The predicted molar refractivity (Wildman–Crippen MR) is 77.7 cm³/mol. The molecule has 0 aliphatic carbocycles. The van der Waals surface area contributed by atoms with Gasteiger partial charge in [0.25, 0.3) is 5.91 Å². The standard InChI is InChI=1S/C14H14N6O/c1-9-11(8-20(2)19-9)13(21)18-14-16-7-12(17-14)10-3-5-15-6-4-10/h3-8H,1-2H3,(H2,16,17,18,21). The first-order chi connectivity index (χ1) is 10.1. The van der Waals surface area contributed by atoms with Crippen LogP contribution in [0, 0.1) is 6.92 Å². The molecule has 0 aliphatic heterocycles. The maximum Gasteiger partial charge on any atom is 0.261 e. The normalized spacial score (nSPS) is 10.6. The van der Waals surface area contributed by atoms with Gasteiger partial charge in [0.05, 0.1) is 23.1 Å². The lowest BCUT2D eigenvalue weighted by Gasteiger charge is -2.00. The van der Waals surface area contributed by atoms with Crippen molar-refractivity contribution in [1.29, 1.82) is 0 Å². The average molecular weight is 282 g/mol. The van der Waals surface area contributed by atoms with Gasteiger partial charge in [0.1, 0.15) is 0 Å². The zero-order valence-electron chi connectivity index (χ0n) is 11.7. The number of aromatic nitrogens is 5. The zero-order chi connectivity index (χ0) is 14.8. The summed E-state index contributed by atoms with van der Waals surface area (Å²) in [5.74, 6) is 0.159. The van der Waals surface area contributed by atoms with Crippen LogP contribution in [0.1, 0.15) is 16.1 Å². The molecule has 0 spiro atoms. The van der Waals surface area contributed by atoms with E-state index in [1.54, 1.807) is 43.4 Å². The Morgan fingerprint density at radius 1 is 1.33 bits per heavy atom. The fourth-order valence-electron chi connectivity index (χ4n) is 2.06. The second-order valence-electron chi connectivity index (χ2n) is 4.64. The molecule has 0 saturated carbocycles. The monoisotopic (exact) mass is 282 g/mol. The van der Waals surface area contributed by atoms with Crippen LogP contribution in [0.2, 0.25) is 0 Å². The molecule has 0 atom stereocenters. The Morgan fingerprint density at radius 2 is 2.10 bits per heavy atom. The van der Waals surface area contributed by atoms with E-state index in [4.69, 9.17) is 0 Å². The Morgan fingerprint density at radius 3 is 2.76 bits per heavy atom. The molecular formula is C14H14N6O. The second-order valence-corrected chi connectivity index (χ2v) is 4.64. The van der Waals surface area contributed by atoms with Crippen molar-refractivity contribution in [3.63, 3.8) is 0 Å². The van der Waals surface area contributed by atoms with Gasteiger partial charge in [-0.3, -0.25) is 19.8 Å². The fourth-order valence-corrected chi connectivity index (χ4v) is 2.06. The molecule has 3 rings (SSSR count). The van der Waals surface area contributed by atoms with E-state index < -0.39 is 0 Å². The van der Waals surface area contributed by atoms with Crippen LogP contribution >= 0.6 is 0 Å². The van der Waals surface area contributed by atoms with Crippen molar-refractivity contribution in [2.45, 2.75) is 6.92 Å². The van der Waals surface area contributed by atoms with Crippen molar-refractivity contribution in [2.24, 2.45) is 7.05 Å². The molecule has 7 heteroatoms. The molecule has 0 saturated heterocycles. The molecule has 3 heterocycles. The lowest BCUT2D eigenvalue weighted by Crippen LogP contribution is -2.13. The molecule has 21 heavy (non-hydrogen) atoms. The lowest BCUT2D eigenvalue weighted by atomic mass is 10.2. The number of nitrogens with zero attached hydrogens (tertiary/aromatic N) is 4. The number of carbonyl (C=O) groups is 1. The molecule has 7 nitrogen and oxygen atoms in total. The summed E-state index contributed by atoms with van der Waals surface area (Å²) < 4.78 is 1.61. The molecule has 3 aromatic rings. The van der Waals surface area contributed by atoms with Crippen LogP contribution in [-0.2, 0) is 7.05 Å². The summed E-state index contributed by atoms with van der Waals surface area (Å²) in [6.45, 7) is 1.79. The molecular weight excluding hydrogens is 268 g/mol. The van der Waals surface area contributed by atoms with E-state index in [0.29, 0.717) is 17.2 Å². The van der Waals surface area contributed by atoms with Gasteiger partial charge in [0.2, 0.25) is 5.95 Å². The third kappa shape index (κ3) is 2.66. The highest BCUT2D eigenvalue weighted by Crippen LogP contribution is 2.17. The first-order valence-electron chi connectivity index (χ1n) is 6.40. The molecule has 106 valence electrons. The number of H-pyrrole nitrogens is 1. The van der Waals surface area contributed by atoms with Crippen LogP contribution in [0.4, 0.5) is 5.95 Å². The van der Waals surface area contributed by atoms with E-state index in [1.165, 1.54) is 0 Å². The Balaban J connectivity index is 1.79. The van der Waals surface area contributed by atoms with E-state index in [2.05, 4.69) is 25.4 Å². The van der Waals surface area contributed by atoms with Crippen molar-refractivity contribution in [3.8, 4) is 11.3 Å². The Kier molecular flexibility index (Phi) is 3.23. The molecule has 0 radical (unpaired) electrons. The Hall–Kier alpha value is -2.96. The number of rotatable bonds is 3. The summed E-state index contributed by atoms with van der Waals surface area (Å²) in [5, 5.41) is 6.87. The lowest BCUT2D eigenvalue weighted by molar-refractivity contribution is 0.102. The maximum atomic E-state index is 12.2. The number of hydrogen-bond donors (Lipinski definition) is 2. The number of amides is 1. The van der Waals surface area contributed by atoms with E-state index in [0.717, 1.165) is 11.3 Å². The van der Waals surface area contributed by atoms with Gasteiger partial charge in [0.15, 0.2) is 0 Å². The number of aryl methyl sites for hydroxylation is 2.